The normalized spacial score (nSPS) is 10.7. The van der Waals surface area contributed by atoms with Crippen LogP contribution in [0.25, 0.3) is 0 Å². The fourth-order valence-electron chi connectivity index (χ4n) is 1.67. The van der Waals surface area contributed by atoms with Crippen LogP contribution in [0.5, 0.6) is 5.75 Å². The van der Waals surface area contributed by atoms with Crippen LogP contribution < -0.4 is 10.2 Å². The molecule has 0 aliphatic heterocycles. The molecule has 0 aliphatic carbocycles. The van der Waals surface area contributed by atoms with Gasteiger partial charge < -0.3 is 9.84 Å². The van der Waals surface area contributed by atoms with Crippen LogP contribution in [0.2, 0.25) is 0 Å². The van der Waals surface area contributed by atoms with E-state index in [4.69, 9.17) is 9.84 Å². The highest BCUT2D eigenvalue weighted by atomic mass is 32.1. The van der Waals surface area contributed by atoms with Gasteiger partial charge in [-0.25, -0.2) is 15.2 Å². The van der Waals surface area contributed by atoms with Crippen molar-refractivity contribution in [1.82, 2.24) is 10.4 Å². The van der Waals surface area contributed by atoms with Crippen LogP contribution in [-0.4, -0.2) is 34.8 Å². The van der Waals surface area contributed by atoms with Gasteiger partial charge in [-0.05, 0) is 36.8 Å². The zero-order valence-electron chi connectivity index (χ0n) is 12.4. The monoisotopic (exact) mass is 333 g/mol. The molecule has 0 unspecified atom stereocenters. The fraction of sp³-hybridized carbons (Fsp3) is 0.200. The van der Waals surface area contributed by atoms with E-state index in [1.807, 2.05) is 12.3 Å². The van der Waals surface area contributed by atoms with Gasteiger partial charge in [0.05, 0.1) is 23.3 Å². The first-order valence-electron chi connectivity index (χ1n) is 6.70. The average Bonchev–Trinajstić information content (AvgIpc) is 2.91. The van der Waals surface area contributed by atoms with Gasteiger partial charge in [0, 0.05) is 5.38 Å². The summed E-state index contributed by atoms with van der Waals surface area (Å²) in [4.78, 5) is 26.3. The van der Waals surface area contributed by atoms with E-state index in [9.17, 15) is 9.59 Å². The third kappa shape index (κ3) is 5.87. The van der Waals surface area contributed by atoms with Gasteiger partial charge in [0.15, 0.2) is 6.61 Å². The lowest BCUT2D eigenvalue weighted by Crippen LogP contribution is -2.19. The van der Waals surface area contributed by atoms with Gasteiger partial charge in [-0.3, -0.25) is 4.79 Å². The number of hydrazone groups is 1. The van der Waals surface area contributed by atoms with Crippen molar-refractivity contribution in [3.8, 4) is 5.75 Å². The standard InChI is InChI=1S/C15H15N3O4S/c1-10-17-12(9-23-10)6-14(19)18-16-7-11-2-4-13(5-3-11)22-8-15(20)21/h2-5,7,9H,6,8H2,1H3,(H,18,19)(H,20,21)/b16-7+. The van der Waals surface area contributed by atoms with Crippen molar-refractivity contribution in [1.29, 1.82) is 0 Å². The minimum absolute atomic E-state index is 0.184. The molecular formula is C15H15N3O4S. The molecule has 2 rings (SSSR count). The summed E-state index contributed by atoms with van der Waals surface area (Å²) in [6, 6.07) is 6.67. The predicted octanol–water partition coefficient (Wildman–Crippen LogP) is 1.61. The molecule has 0 spiro atoms. The lowest BCUT2D eigenvalue weighted by Gasteiger charge is -2.02. The number of hydrogen-bond acceptors (Lipinski definition) is 6. The number of carboxylic acid groups (broad SMARTS) is 1. The van der Waals surface area contributed by atoms with Crippen molar-refractivity contribution in [3.63, 3.8) is 0 Å². The average molecular weight is 333 g/mol. The van der Waals surface area contributed by atoms with Gasteiger partial charge >= 0.3 is 5.97 Å². The Morgan fingerprint density at radius 3 is 2.74 bits per heavy atom. The zero-order valence-corrected chi connectivity index (χ0v) is 13.2. The maximum Gasteiger partial charge on any atom is 0.341 e. The largest absolute Gasteiger partial charge is 0.482 e. The summed E-state index contributed by atoms with van der Waals surface area (Å²) in [5, 5.41) is 15.1. The number of ether oxygens (including phenoxy) is 1. The summed E-state index contributed by atoms with van der Waals surface area (Å²) in [5.41, 5.74) is 3.90. The number of carbonyl (C=O) groups excluding carboxylic acids is 1. The van der Waals surface area contributed by atoms with Gasteiger partial charge in [0.1, 0.15) is 5.75 Å². The Bertz CT molecular complexity index is 710. The van der Waals surface area contributed by atoms with Gasteiger partial charge in [-0.1, -0.05) is 0 Å². The molecule has 8 heteroatoms. The van der Waals surface area contributed by atoms with E-state index in [1.54, 1.807) is 24.3 Å². The van der Waals surface area contributed by atoms with Crippen molar-refractivity contribution in [2.45, 2.75) is 13.3 Å². The van der Waals surface area contributed by atoms with E-state index in [1.165, 1.54) is 17.6 Å². The van der Waals surface area contributed by atoms with Crippen LogP contribution in [-0.2, 0) is 16.0 Å². The molecule has 0 radical (unpaired) electrons. The molecule has 2 aromatic rings. The van der Waals surface area contributed by atoms with Crippen molar-refractivity contribution in [2.24, 2.45) is 5.10 Å². The third-order valence-electron chi connectivity index (χ3n) is 2.65. The fourth-order valence-corrected chi connectivity index (χ4v) is 2.28. The molecule has 2 N–H and O–H groups in total. The highest BCUT2D eigenvalue weighted by molar-refractivity contribution is 7.09. The van der Waals surface area contributed by atoms with E-state index in [0.717, 1.165) is 16.3 Å². The third-order valence-corrected chi connectivity index (χ3v) is 3.48. The molecule has 0 atom stereocenters. The molecule has 120 valence electrons. The number of aliphatic carboxylic acids is 1. The van der Waals surface area contributed by atoms with Crippen molar-refractivity contribution >= 4 is 29.4 Å². The summed E-state index contributed by atoms with van der Waals surface area (Å²) < 4.78 is 5.01. The van der Waals surface area contributed by atoms with E-state index in [2.05, 4.69) is 15.5 Å². The Labute approximate surface area is 136 Å². The predicted molar refractivity (Wildman–Crippen MR) is 85.9 cm³/mol. The number of aromatic nitrogens is 1. The molecule has 0 bridgehead atoms. The Balaban J connectivity index is 1.80. The minimum atomic E-state index is -1.03. The second-order valence-corrected chi connectivity index (χ2v) is 5.64. The van der Waals surface area contributed by atoms with Crippen molar-refractivity contribution in [3.05, 3.63) is 45.9 Å². The van der Waals surface area contributed by atoms with Gasteiger partial charge in [0.2, 0.25) is 5.91 Å². The summed E-state index contributed by atoms with van der Waals surface area (Å²) in [6.45, 7) is 1.49. The molecule has 0 saturated carbocycles. The van der Waals surface area contributed by atoms with Crippen LogP contribution in [0.15, 0.2) is 34.7 Å². The molecule has 0 saturated heterocycles. The van der Waals surface area contributed by atoms with Crippen LogP contribution in [0, 0.1) is 6.92 Å². The Morgan fingerprint density at radius 1 is 1.39 bits per heavy atom. The summed E-state index contributed by atoms with van der Waals surface area (Å²) in [7, 11) is 0. The maximum atomic E-state index is 11.7. The van der Waals surface area contributed by atoms with E-state index >= 15 is 0 Å². The number of thiazole rings is 1. The van der Waals surface area contributed by atoms with Gasteiger partial charge in [-0.2, -0.15) is 5.10 Å². The van der Waals surface area contributed by atoms with Crippen LogP contribution >= 0.6 is 11.3 Å². The lowest BCUT2D eigenvalue weighted by atomic mass is 10.2. The van der Waals surface area contributed by atoms with Crippen molar-refractivity contribution < 1.29 is 19.4 Å². The maximum absolute atomic E-state index is 11.7. The number of rotatable bonds is 7. The number of hydrogen-bond donors (Lipinski definition) is 2. The van der Waals surface area contributed by atoms with Crippen LogP contribution in [0.3, 0.4) is 0 Å². The molecule has 1 aromatic heterocycles. The molecule has 0 fully saturated rings. The first-order valence-corrected chi connectivity index (χ1v) is 7.58. The van der Waals surface area contributed by atoms with Crippen molar-refractivity contribution in [2.75, 3.05) is 6.61 Å². The summed E-state index contributed by atoms with van der Waals surface area (Å²) >= 11 is 1.50. The number of carboxylic acids is 1. The number of benzene rings is 1. The van der Waals surface area contributed by atoms with E-state index < -0.39 is 5.97 Å². The molecular weight excluding hydrogens is 318 g/mol. The SMILES string of the molecule is Cc1nc(CC(=O)N/N=C/c2ccc(OCC(=O)O)cc2)cs1. The first-order chi connectivity index (χ1) is 11.0. The molecule has 1 heterocycles. The topological polar surface area (TPSA) is 101 Å². The quantitative estimate of drug-likeness (QED) is 0.592. The minimum Gasteiger partial charge on any atom is -0.482 e. The smallest absolute Gasteiger partial charge is 0.341 e. The molecule has 7 nitrogen and oxygen atoms in total. The number of amides is 1. The summed E-state index contributed by atoms with van der Waals surface area (Å²) in [6.07, 6.45) is 1.68. The van der Waals surface area contributed by atoms with Crippen LogP contribution in [0.4, 0.5) is 0 Å². The summed E-state index contributed by atoms with van der Waals surface area (Å²) in [5.74, 6) is -0.825. The highest BCUT2D eigenvalue weighted by Gasteiger charge is 2.05. The molecule has 0 aliphatic rings. The number of nitrogens with one attached hydrogen (secondary N) is 1. The number of carbonyl (C=O) groups is 2. The van der Waals surface area contributed by atoms with E-state index in [0.29, 0.717) is 5.75 Å². The number of nitrogens with zero attached hydrogens (tertiary/aromatic N) is 2. The Hall–Kier alpha value is -2.74. The molecule has 1 aromatic carbocycles. The van der Waals surface area contributed by atoms with Crippen LogP contribution in [0.1, 0.15) is 16.3 Å². The Morgan fingerprint density at radius 2 is 2.13 bits per heavy atom. The Kier molecular flexibility index (Phi) is 5.81. The zero-order chi connectivity index (χ0) is 16.7. The molecule has 23 heavy (non-hydrogen) atoms. The molecule has 1 amide bonds. The first kappa shape index (κ1) is 16.6. The lowest BCUT2D eigenvalue weighted by molar-refractivity contribution is -0.139. The second kappa shape index (κ2) is 8.04. The van der Waals surface area contributed by atoms with Gasteiger partial charge in [-0.15, -0.1) is 11.3 Å². The second-order valence-electron chi connectivity index (χ2n) is 4.58. The van der Waals surface area contributed by atoms with E-state index in [-0.39, 0.29) is 18.9 Å². The highest BCUT2D eigenvalue weighted by Crippen LogP contribution is 2.11. The number of aryl methyl sites for hydroxylation is 1. The van der Waals surface area contributed by atoms with Gasteiger partial charge in [0.25, 0.3) is 0 Å².